The maximum absolute atomic E-state index is 12.8. The zero-order valence-electron chi connectivity index (χ0n) is 14.6. The first-order valence-electron chi connectivity index (χ1n) is 8.20. The first-order valence-corrected chi connectivity index (χ1v) is 9.81. The molecule has 0 saturated heterocycles. The summed E-state index contributed by atoms with van der Waals surface area (Å²) in [5.41, 5.74) is 8.80. The molecular formula is C20H13BrN4O2S. The van der Waals surface area contributed by atoms with E-state index in [4.69, 9.17) is 16.7 Å². The lowest BCUT2D eigenvalue weighted by Gasteiger charge is -2.07. The molecule has 4 rings (SSSR count). The second kappa shape index (κ2) is 7.11. The number of aryl methyl sites for hydroxylation is 1. The van der Waals surface area contributed by atoms with Crippen LogP contribution < -0.4 is 11.1 Å². The summed E-state index contributed by atoms with van der Waals surface area (Å²) in [6.07, 6.45) is 1.54. The number of carbonyl (C=O) groups is 1. The summed E-state index contributed by atoms with van der Waals surface area (Å²) in [5.74, 6) is 0.195. The molecule has 3 N–H and O–H groups in total. The number of nitrogen functional groups attached to an aromatic ring is 1. The van der Waals surface area contributed by atoms with E-state index in [0.29, 0.717) is 49.2 Å². The van der Waals surface area contributed by atoms with Gasteiger partial charge in [-0.05, 0) is 43.3 Å². The Kier molecular flexibility index (Phi) is 4.63. The zero-order chi connectivity index (χ0) is 19.8. The molecule has 0 aliphatic carbocycles. The zero-order valence-corrected chi connectivity index (χ0v) is 17.0. The Morgan fingerprint density at radius 2 is 2.07 bits per heavy atom. The van der Waals surface area contributed by atoms with E-state index in [1.165, 1.54) is 17.6 Å². The summed E-state index contributed by atoms with van der Waals surface area (Å²) >= 11 is 4.56. The number of pyridine rings is 1. The largest absolute Gasteiger partial charge is 0.466 e. The molecule has 138 valence electrons. The molecule has 8 heteroatoms. The average Bonchev–Trinajstić information content (AvgIpc) is 3.31. The lowest BCUT2D eigenvalue weighted by atomic mass is 10.0. The van der Waals surface area contributed by atoms with Crippen LogP contribution in [0.15, 0.2) is 51.6 Å². The number of hydrogen-bond donors (Lipinski definition) is 2. The van der Waals surface area contributed by atoms with Crippen LogP contribution in [-0.2, 0) is 0 Å². The highest BCUT2D eigenvalue weighted by Gasteiger charge is 2.25. The molecule has 0 unspecified atom stereocenters. The predicted molar refractivity (Wildman–Crippen MR) is 115 cm³/mol. The first kappa shape index (κ1) is 18.2. The molecule has 6 nitrogen and oxygen atoms in total. The second-order valence-electron chi connectivity index (χ2n) is 6.00. The van der Waals surface area contributed by atoms with Crippen molar-refractivity contribution in [1.29, 1.82) is 0 Å². The monoisotopic (exact) mass is 452 g/mol. The van der Waals surface area contributed by atoms with Crippen molar-refractivity contribution in [2.75, 3.05) is 11.1 Å². The van der Waals surface area contributed by atoms with Crippen molar-refractivity contribution in [2.24, 2.45) is 0 Å². The highest BCUT2D eigenvalue weighted by atomic mass is 79.9. The van der Waals surface area contributed by atoms with Crippen molar-refractivity contribution in [3.63, 3.8) is 0 Å². The van der Waals surface area contributed by atoms with Crippen LogP contribution in [0.1, 0.15) is 15.4 Å². The number of nitrogens with one attached hydrogen (secondary N) is 1. The van der Waals surface area contributed by atoms with E-state index in [9.17, 15) is 4.79 Å². The van der Waals surface area contributed by atoms with E-state index in [1.807, 2.05) is 12.1 Å². The quantitative estimate of drug-likeness (QED) is 0.372. The Morgan fingerprint density at radius 3 is 2.71 bits per heavy atom. The Morgan fingerprint density at radius 1 is 1.32 bits per heavy atom. The molecule has 0 spiro atoms. The minimum atomic E-state index is -0.324. The third kappa shape index (κ3) is 3.05. The van der Waals surface area contributed by atoms with Gasteiger partial charge < -0.3 is 15.5 Å². The Balaban J connectivity index is 1.87. The fourth-order valence-corrected chi connectivity index (χ4v) is 4.25. The third-order valence-corrected chi connectivity index (χ3v) is 5.84. The molecule has 4 aromatic rings. The normalized spacial score (nSPS) is 10.8. The van der Waals surface area contributed by atoms with Crippen LogP contribution in [0.25, 0.3) is 26.4 Å². The van der Waals surface area contributed by atoms with Crippen molar-refractivity contribution in [2.45, 2.75) is 6.92 Å². The SMILES string of the molecule is [C-]#[N+]c1c(C)nc2sc(C(=O)Nc3ccc(Br)cc3)c(N)c2c1-c1ccco1. The number of carbonyl (C=O) groups excluding carboxylic acids is 1. The molecule has 0 saturated carbocycles. The number of amides is 1. The van der Waals surface area contributed by atoms with E-state index >= 15 is 0 Å². The number of benzene rings is 1. The minimum Gasteiger partial charge on any atom is -0.466 e. The summed E-state index contributed by atoms with van der Waals surface area (Å²) in [7, 11) is 0. The summed E-state index contributed by atoms with van der Waals surface area (Å²) in [5, 5.41) is 3.41. The standard InChI is InChI=1S/C20H13BrN4O2S/c1-10-17(23-2)14(13-4-3-9-27-13)15-16(22)18(28-20(15)24-10)19(26)25-12-7-5-11(21)6-8-12/h3-9H,22H2,1H3,(H,25,26). The van der Waals surface area contributed by atoms with Gasteiger partial charge >= 0.3 is 0 Å². The van der Waals surface area contributed by atoms with Gasteiger partial charge in [0.2, 0.25) is 5.69 Å². The van der Waals surface area contributed by atoms with Crippen LogP contribution in [0, 0.1) is 13.5 Å². The highest BCUT2D eigenvalue weighted by Crippen LogP contribution is 2.45. The number of furan rings is 1. The van der Waals surface area contributed by atoms with E-state index in [0.717, 1.165) is 4.47 Å². The van der Waals surface area contributed by atoms with Crippen LogP contribution in [0.4, 0.5) is 17.1 Å². The third-order valence-electron chi connectivity index (χ3n) is 4.21. The molecule has 3 heterocycles. The summed E-state index contributed by atoms with van der Waals surface area (Å²) in [6.45, 7) is 9.31. The molecule has 3 aromatic heterocycles. The summed E-state index contributed by atoms with van der Waals surface area (Å²) in [6, 6.07) is 10.8. The van der Waals surface area contributed by atoms with Gasteiger partial charge in [0.1, 0.15) is 15.5 Å². The molecule has 0 atom stereocenters. The molecule has 1 amide bonds. The number of aromatic nitrogens is 1. The van der Waals surface area contributed by atoms with E-state index in [-0.39, 0.29) is 5.91 Å². The van der Waals surface area contributed by atoms with Gasteiger partial charge in [0.15, 0.2) is 0 Å². The number of anilines is 2. The molecule has 0 aliphatic rings. The van der Waals surface area contributed by atoms with E-state index in [2.05, 4.69) is 31.1 Å². The Labute approximate surface area is 172 Å². The van der Waals surface area contributed by atoms with Crippen LogP contribution in [0.2, 0.25) is 0 Å². The van der Waals surface area contributed by atoms with Crippen LogP contribution >= 0.6 is 27.3 Å². The number of nitrogens with zero attached hydrogens (tertiary/aromatic N) is 2. The summed E-state index contributed by atoms with van der Waals surface area (Å²) < 4.78 is 6.45. The van der Waals surface area contributed by atoms with Crippen molar-refractivity contribution in [3.8, 4) is 11.3 Å². The fraction of sp³-hybridized carbons (Fsp3) is 0.0500. The smallest absolute Gasteiger partial charge is 0.267 e. The van der Waals surface area contributed by atoms with Crippen LogP contribution in [-0.4, -0.2) is 10.9 Å². The number of nitrogens with two attached hydrogens (primary N) is 1. The predicted octanol–water partition coefficient (Wildman–Crippen LogP) is 6.01. The van der Waals surface area contributed by atoms with Gasteiger partial charge in [0, 0.05) is 26.8 Å². The number of hydrogen-bond acceptors (Lipinski definition) is 5. The van der Waals surface area contributed by atoms with Crippen molar-refractivity contribution >= 4 is 60.5 Å². The first-order chi connectivity index (χ1) is 13.5. The second-order valence-corrected chi connectivity index (χ2v) is 7.91. The topological polar surface area (TPSA) is 85.5 Å². The number of rotatable bonds is 3. The molecular weight excluding hydrogens is 440 g/mol. The van der Waals surface area contributed by atoms with Gasteiger partial charge in [0.05, 0.1) is 18.5 Å². The molecule has 0 bridgehead atoms. The number of thiophene rings is 1. The van der Waals surface area contributed by atoms with E-state index in [1.54, 1.807) is 31.2 Å². The van der Waals surface area contributed by atoms with Gasteiger partial charge in [-0.15, -0.1) is 11.3 Å². The molecule has 0 aliphatic heterocycles. The lowest BCUT2D eigenvalue weighted by Crippen LogP contribution is -2.11. The number of fused-ring (bicyclic) bond motifs is 1. The number of halogens is 1. The maximum Gasteiger partial charge on any atom is 0.267 e. The van der Waals surface area contributed by atoms with Crippen molar-refractivity contribution in [1.82, 2.24) is 4.98 Å². The highest BCUT2D eigenvalue weighted by molar-refractivity contribution is 9.10. The lowest BCUT2D eigenvalue weighted by molar-refractivity contribution is 0.103. The van der Waals surface area contributed by atoms with Crippen molar-refractivity contribution in [3.05, 3.63) is 69.1 Å². The van der Waals surface area contributed by atoms with Gasteiger partial charge in [0.25, 0.3) is 5.91 Å². The van der Waals surface area contributed by atoms with Gasteiger partial charge in [-0.3, -0.25) is 9.78 Å². The Hall–Kier alpha value is -3.15. The van der Waals surface area contributed by atoms with E-state index < -0.39 is 0 Å². The Bertz CT molecular complexity index is 1240. The fourth-order valence-electron chi connectivity index (χ4n) is 2.94. The minimum absolute atomic E-state index is 0.290. The van der Waals surface area contributed by atoms with Gasteiger partial charge in [-0.1, -0.05) is 15.9 Å². The van der Waals surface area contributed by atoms with Gasteiger partial charge in [-0.25, -0.2) is 4.85 Å². The van der Waals surface area contributed by atoms with Crippen LogP contribution in [0.3, 0.4) is 0 Å². The van der Waals surface area contributed by atoms with Crippen LogP contribution in [0.5, 0.6) is 0 Å². The molecule has 0 fully saturated rings. The van der Waals surface area contributed by atoms with Crippen molar-refractivity contribution < 1.29 is 9.21 Å². The average molecular weight is 453 g/mol. The molecule has 1 aromatic carbocycles. The molecule has 28 heavy (non-hydrogen) atoms. The molecule has 0 radical (unpaired) electrons. The maximum atomic E-state index is 12.8. The van der Waals surface area contributed by atoms with Gasteiger partial charge in [-0.2, -0.15) is 0 Å². The summed E-state index contributed by atoms with van der Waals surface area (Å²) in [4.78, 5) is 21.9.